The predicted octanol–water partition coefficient (Wildman–Crippen LogP) is 4.22. The van der Waals surface area contributed by atoms with Gasteiger partial charge < -0.3 is 9.05 Å². The quantitative estimate of drug-likeness (QED) is 0.640. The Balaban J connectivity index is 3.58. The fourth-order valence-electron chi connectivity index (χ4n) is 2.00. The normalized spacial score (nSPS) is 18.0. The highest BCUT2D eigenvalue weighted by Crippen LogP contribution is 2.63. The van der Waals surface area contributed by atoms with Crippen LogP contribution in [0.15, 0.2) is 28.7 Å². The SMILES string of the molecule is CCOP(=O)(OC)[C@@](C)(NS(=O)(=O)C(C)(C)C)c1ccc(Br)cc1. The maximum Gasteiger partial charge on any atom is 0.355 e. The molecule has 1 unspecified atom stereocenters. The van der Waals surface area contributed by atoms with E-state index in [0.29, 0.717) is 5.56 Å². The van der Waals surface area contributed by atoms with Gasteiger partial charge in [-0.15, -0.1) is 0 Å². The number of rotatable bonds is 7. The number of benzene rings is 1. The fourth-order valence-corrected chi connectivity index (χ4v) is 5.55. The molecule has 0 bridgehead atoms. The molecule has 0 radical (unpaired) electrons. The molecule has 24 heavy (non-hydrogen) atoms. The second-order valence-electron chi connectivity index (χ2n) is 6.39. The van der Waals surface area contributed by atoms with Crippen LogP contribution in [0.5, 0.6) is 0 Å². The van der Waals surface area contributed by atoms with E-state index in [1.54, 1.807) is 52.0 Å². The smallest absolute Gasteiger partial charge is 0.310 e. The van der Waals surface area contributed by atoms with Crippen molar-refractivity contribution in [3.05, 3.63) is 34.3 Å². The summed E-state index contributed by atoms with van der Waals surface area (Å²) in [5.74, 6) is 0. The second kappa shape index (κ2) is 7.56. The summed E-state index contributed by atoms with van der Waals surface area (Å²) in [4.78, 5) is 0. The zero-order valence-corrected chi connectivity index (χ0v) is 18.1. The molecular formula is C15H25BrNO5PS. The first-order chi connectivity index (χ1) is 10.8. The van der Waals surface area contributed by atoms with E-state index in [4.69, 9.17) is 9.05 Å². The van der Waals surface area contributed by atoms with Crippen molar-refractivity contribution in [2.45, 2.75) is 44.6 Å². The molecule has 138 valence electrons. The van der Waals surface area contributed by atoms with Crippen LogP contribution in [0.2, 0.25) is 0 Å². The Labute approximate surface area is 153 Å². The van der Waals surface area contributed by atoms with Crippen LogP contribution in [0, 0.1) is 0 Å². The van der Waals surface area contributed by atoms with Gasteiger partial charge in [0, 0.05) is 11.6 Å². The predicted molar refractivity (Wildman–Crippen MR) is 99.5 cm³/mol. The summed E-state index contributed by atoms with van der Waals surface area (Å²) in [5.41, 5.74) is 0.483. The third-order valence-electron chi connectivity index (χ3n) is 3.63. The Morgan fingerprint density at radius 1 is 1.17 bits per heavy atom. The Hall–Kier alpha value is -0.240. The lowest BCUT2D eigenvalue weighted by atomic mass is 10.1. The zero-order chi connectivity index (χ0) is 18.8. The largest absolute Gasteiger partial charge is 0.355 e. The van der Waals surface area contributed by atoms with Gasteiger partial charge in [-0.3, -0.25) is 4.57 Å². The Morgan fingerprint density at radius 2 is 1.67 bits per heavy atom. The van der Waals surface area contributed by atoms with E-state index in [0.717, 1.165) is 4.47 Å². The Kier molecular flexibility index (Phi) is 6.87. The van der Waals surface area contributed by atoms with Crippen molar-refractivity contribution in [3.8, 4) is 0 Å². The Morgan fingerprint density at radius 3 is 2.04 bits per heavy atom. The third-order valence-corrected chi connectivity index (χ3v) is 9.15. The van der Waals surface area contributed by atoms with Gasteiger partial charge >= 0.3 is 7.60 Å². The van der Waals surface area contributed by atoms with Crippen molar-refractivity contribution >= 4 is 33.5 Å². The van der Waals surface area contributed by atoms with Gasteiger partial charge in [-0.1, -0.05) is 28.1 Å². The lowest BCUT2D eigenvalue weighted by molar-refractivity contribution is 0.216. The van der Waals surface area contributed by atoms with Gasteiger partial charge in [-0.05, 0) is 52.3 Å². The summed E-state index contributed by atoms with van der Waals surface area (Å²) in [6, 6.07) is 6.84. The van der Waals surface area contributed by atoms with Crippen LogP contribution in [0.4, 0.5) is 0 Å². The maximum absolute atomic E-state index is 13.3. The maximum atomic E-state index is 13.3. The van der Waals surface area contributed by atoms with Crippen molar-refractivity contribution in [2.75, 3.05) is 13.7 Å². The fraction of sp³-hybridized carbons (Fsp3) is 0.600. The van der Waals surface area contributed by atoms with Crippen LogP contribution >= 0.6 is 23.5 Å². The number of halogens is 1. The first kappa shape index (κ1) is 21.8. The Bertz CT molecular complexity index is 714. The average molecular weight is 442 g/mol. The summed E-state index contributed by atoms with van der Waals surface area (Å²) in [6.07, 6.45) is 0. The highest BCUT2D eigenvalue weighted by molar-refractivity contribution is 9.10. The molecule has 2 atom stereocenters. The number of hydrogen-bond donors (Lipinski definition) is 1. The molecule has 1 N–H and O–H groups in total. The molecular weight excluding hydrogens is 417 g/mol. The number of nitrogens with one attached hydrogen (secondary N) is 1. The van der Waals surface area contributed by atoms with E-state index in [1.165, 1.54) is 14.0 Å². The third kappa shape index (κ3) is 4.29. The summed E-state index contributed by atoms with van der Waals surface area (Å²) in [7, 11) is -6.40. The minimum Gasteiger partial charge on any atom is -0.310 e. The van der Waals surface area contributed by atoms with Crippen molar-refractivity contribution in [2.24, 2.45) is 0 Å². The molecule has 0 fully saturated rings. The van der Waals surface area contributed by atoms with Gasteiger partial charge in [0.1, 0.15) is 0 Å². The zero-order valence-electron chi connectivity index (χ0n) is 14.8. The van der Waals surface area contributed by atoms with Crippen LogP contribution in [0.25, 0.3) is 0 Å². The van der Waals surface area contributed by atoms with Gasteiger partial charge in [0.15, 0.2) is 5.28 Å². The molecule has 0 spiro atoms. The van der Waals surface area contributed by atoms with Gasteiger partial charge in [-0.25, -0.2) is 8.42 Å². The number of hydrogen-bond acceptors (Lipinski definition) is 5. The van der Waals surface area contributed by atoms with Crippen molar-refractivity contribution < 1.29 is 22.0 Å². The van der Waals surface area contributed by atoms with Gasteiger partial charge in [0.2, 0.25) is 10.0 Å². The average Bonchev–Trinajstić information content (AvgIpc) is 2.46. The highest BCUT2D eigenvalue weighted by Gasteiger charge is 2.52. The van der Waals surface area contributed by atoms with E-state index in [9.17, 15) is 13.0 Å². The van der Waals surface area contributed by atoms with Crippen molar-refractivity contribution in [3.63, 3.8) is 0 Å². The molecule has 1 aromatic carbocycles. The molecule has 0 aliphatic carbocycles. The summed E-state index contributed by atoms with van der Waals surface area (Å²) in [5, 5.41) is -1.56. The number of sulfonamides is 1. The molecule has 0 heterocycles. The summed E-state index contributed by atoms with van der Waals surface area (Å²) >= 11 is 3.33. The van der Waals surface area contributed by atoms with Crippen molar-refractivity contribution in [1.29, 1.82) is 0 Å². The molecule has 1 rings (SSSR count). The molecule has 0 aliphatic heterocycles. The topological polar surface area (TPSA) is 81.7 Å². The van der Waals surface area contributed by atoms with Gasteiger partial charge in [0.25, 0.3) is 0 Å². The molecule has 0 aliphatic rings. The van der Waals surface area contributed by atoms with E-state index < -0.39 is 27.6 Å². The lowest BCUT2D eigenvalue weighted by Gasteiger charge is -2.38. The van der Waals surface area contributed by atoms with E-state index in [2.05, 4.69) is 20.7 Å². The van der Waals surface area contributed by atoms with Crippen LogP contribution in [0.3, 0.4) is 0 Å². The monoisotopic (exact) mass is 441 g/mol. The highest BCUT2D eigenvalue weighted by atomic mass is 79.9. The first-order valence-electron chi connectivity index (χ1n) is 7.43. The minimum absolute atomic E-state index is 0.120. The molecule has 0 saturated heterocycles. The van der Waals surface area contributed by atoms with E-state index in [1.807, 2.05) is 0 Å². The van der Waals surface area contributed by atoms with Gasteiger partial charge in [0.05, 0.1) is 11.4 Å². The van der Waals surface area contributed by atoms with E-state index in [-0.39, 0.29) is 6.61 Å². The van der Waals surface area contributed by atoms with Crippen LogP contribution in [-0.4, -0.2) is 26.9 Å². The molecule has 1 aromatic rings. The lowest BCUT2D eigenvalue weighted by Crippen LogP contribution is -2.50. The van der Waals surface area contributed by atoms with Crippen LogP contribution in [0.1, 0.15) is 40.2 Å². The summed E-state index contributed by atoms with van der Waals surface area (Å²) < 4.78 is 51.6. The van der Waals surface area contributed by atoms with Crippen LogP contribution in [-0.2, 0) is 28.9 Å². The minimum atomic E-state index is -3.83. The van der Waals surface area contributed by atoms with Crippen LogP contribution < -0.4 is 4.72 Å². The molecule has 9 heteroatoms. The molecule has 0 amide bonds. The second-order valence-corrected chi connectivity index (χ2v) is 12.3. The van der Waals surface area contributed by atoms with Crippen molar-refractivity contribution in [1.82, 2.24) is 4.72 Å². The molecule has 0 aromatic heterocycles. The van der Waals surface area contributed by atoms with E-state index >= 15 is 0 Å². The molecule has 6 nitrogen and oxygen atoms in total. The van der Waals surface area contributed by atoms with Gasteiger partial charge in [-0.2, -0.15) is 4.72 Å². The summed E-state index contributed by atoms with van der Waals surface area (Å²) in [6.45, 7) is 8.00. The standard InChI is InChI=1S/C15H25BrNO5PS/c1-7-22-23(18,21-6)15(5,12-8-10-13(16)11-9-12)17-24(19,20)14(2,3)4/h8-11,17H,7H2,1-6H3/t15-,23?/m1/s1. The first-order valence-corrected chi connectivity index (χ1v) is 11.2. The molecule has 0 saturated carbocycles.